The molecule has 3 rings (SSSR count). The van der Waals surface area contributed by atoms with E-state index in [9.17, 15) is 9.59 Å². The van der Waals surface area contributed by atoms with Crippen LogP contribution in [0.1, 0.15) is 6.92 Å². The molecule has 1 aromatic heterocycles. The summed E-state index contributed by atoms with van der Waals surface area (Å²) < 4.78 is 6.45. The fourth-order valence-corrected chi connectivity index (χ4v) is 2.78. The summed E-state index contributed by atoms with van der Waals surface area (Å²) in [5.41, 5.74) is 1.75. The van der Waals surface area contributed by atoms with Crippen LogP contribution in [0.2, 0.25) is 5.02 Å². The Kier molecular flexibility index (Phi) is 4.67. The van der Waals surface area contributed by atoms with Gasteiger partial charge in [0.1, 0.15) is 6.54 Å². The van der Waals surface area contributed by atoms with Gasteiger partial charge in [-0.15, -0.1) is 0 Å². The summed E-state index contributed by atoms with van der Waals surface area (Å²) in [6, 6.07) is 16.4. The fraction of sp³-hybridized carbons (Fsp3) is 0.158. The van der Waals surface area contributed by atoms with Crippen molar-refractivity contribution in [1.29, 1.82) is 0 Å². The fourth-order valence-electron chi connectivity index (χ4n) is 2.66. The molecule has 0 N–H and O–H groups in total. The average molecular weight is 342 g/mol. The van der Waals surface area contributed by atoms with Crippen LogP contribution in [0.3, 0.4) is 0 Å². The number of aromatic nitrogens is 1. The highest BCUT2D eigenvalue weighted by Gasteiger charge is 2.14. The minimum Gasteiger partial charge on any atom is -0.465 e. The number of halogens is 1. The molecule has 0 amide bonds. The van der Waals surface area contributed by atoms with Gasteiger partial charge in [-0.1, -0.05) is 41.9 Å². The molecular weight excluding hydrogens is 326 g/mol. The molecule has 0 fully saturated rings. The third-order valence-corrected chi connectivity index (χ3v) is 4.00. The van der Waals surface area contributed by atoms with Crippen LogP contribution in [0, 0.1) is 0 Å². The lowest BCUT2D eigenvalue weighted by Gasteiger charge is -2.12. The van der Waals surface area contributed by atoms with Gasteiger partial charge in [0, 0.05) is 10.6 Å². The molecule has 0 saturated carbocycles. The van der Waals surface area contributed by atoms with Crippen LogP contribution in [0.15, 0.2) is 59.4 Å². The zero-order valence-corrected chi connectivity index (χ0v) is 13.9. The van der Waals surface area contributed by atoms with Gasteiger partial charge >= 0.3 is 5.97 Å². The maximum Gasteiger partial charge on any atom is 0.326 e. The molecular formula is C19H16ClNO3. The highest BCUT2D eigenvalue weighted by atomic mass is 35.5. The number of carbonyl (C=O) groups is 1. The molecule has 0 aliphatic carbocycles. The molecule has 4 nitrogen and oxygen atoms in total. The van der Waals surface area contributed by atoms with Crippen molar-refractivity contribution in [3.8, 4) is 11.1 Å². The molecule has 0 radical (unpaired) electrons. The molecule has 0 bridgehead atoms. The molecule has 0 aliphatic heterocycles. The molecule has 0 saturated heterocycles. The van der Waals surface area contributed by atoms with Crippen molar-refractivity contribution in [2.45, 2.75) is 13.5 Å². The number of benzene rings is 2. The van der Waals surface area contributed by atoms with Crippen molar-refractivity contribution < 1.29 is 9.53 Å². The Morgan fingerprint density at radius 3 is 2.54 bits per heavy atom. The molecule has 5 heteroatoms. The van der Waals surface area contributed by atoms with E-state index >= 15 is 0 Å². The van der Waals surface area contributed by atoms with Gasteiger partial charge in [0.15, 0.2) is 0 Å². The second-order valence-electron chi connectivity index (χ2n) is 5.32. The lowest BCUT2D eigenvalue weighted by molar-refractivity contribution is -0.143. The topological polar surface area (TPSA) is 48.3 Å². The van der Waals surface area contributed by atoms with Crippen LogP contribution in [0.4, 0.5) is 0 Å². The number of rotatable bonds is 4. The van der Waals surface area contributed by atoms with Gasteiger partial charge in [-0.25, -0.2) is 0 Å². The third-order valence-electron chi connectivity index (χ3n) is 3.75. The van der Waals surface area contributed by atoms with E-state index in [0.717, 1.165) is 10.9 Å². The first-order valence-corrected chi connectivity index (χ1v) is 8.02. The number of fused-ring (bicyclic) bond motifs is 1. The Morgan fingerprint density at radius 1 is 1.12 bits per heavy atom. The van der Waals surface area contributed by atoms with Crippen molar-refractivity contribution in [1.82, 2.24) is 4.57 Å². The molecule has 0 atom stereocenters. The van der Waals surface area contributed by atoms with Crippen molar-refractivity contribution >= 4 is 28.5 Å². The first kappa shape index (κ1) is 16.3. The van der Waals surface area contributed by atoms with E-state index in [1.807, 2.05) is 30.3 Å². The van der Waals surface area contributed by atoms with Crippen LogP contribution in [0.25, 0.3) is 22.0 Å². The predicted octanol–water partition coefficient (Wildman–Crippen LogP) is 3.89. The monoisotopic (exact) mass is 341 g/mol. The number of esters is 1. The van der Waals surface area contributed by atoms with E-state index in [2.05, 4.69) is 0 Å². The maximum absolute atomic E-state index is 12.9. The van der Waals surface area contributed by atoms with Gasteiger partial charge in [0.05, 0.1) is 12.1 Å². The summed E-state index contributed by atoms with van der Waals surface area (Å²) >= 11 is 5.92. The first-order valence-electron chi connectivity index (χ1n) is 7.64. The van der Waals surface area contributed by atoms with E-state index in [1.165, 1.54) is 4.57 Å². The SMILES string of the molecule is CCOC(=O)Cn1c(=O)c(-c2ccc(Cl)cc2)cc2ccccc21. The van der Waals surface area contributed by atoms with E-state index in [0.29, 0.717) is 16.1 Å². The highest BCUT2D eigenvalue weighted by molar-refractivity contribution is 6.30. The summed E-state index contributed by atoms with van der Waals surface area (Å²) in [7, 11) is 0. The van der Waals surface area contributed by atoms with Gasteiger partial charge < -0.3 is 4.74 Å². The van der Waals surface area contributed by atoms with Crippen molar-refractivity contribution in [3.05, 3.63) is 70.0 Å². The Hall–Kier alpha value is -2.59. The normalized spacial score (nSPS) is 10.8. The van der Waals surface area contributed by atoms with E-state index in [1.54, 1.807) is 31.2 Å². The number of para-hydroxylation sites is 1. The number of hydrogen-bond donors (Lipinski definition) is 0. The molecule has 0 aliphatic rings. The van der Waals surface area contributed by atoms with Gasteiger partial charge in [-0.2, -0.15) is 0 Å². The predicted molar refractivity (Wildman–Crippen MR) is 95.3 cm³/mol. The lowest BCUT2D eigenvalue weighted by Crippen LogP contribution is -2.26. The quantitative estimate of drug-likeness (QED) is 0.676. The molecule has 0 unspecified atom stereocenters. The summed E-state index contributed by atoms with van der Waals surface area (Å²) in [4.78, 5) is 24.8. The Labute approximate surface area is 144 Å². The summed E-state index contributed by atoms with van der Waals surface area (Å²) in [5.74, 6) is -0.432. The highest BCUT2D eigenvalue weighted by Crippen LogP contribution is 2.22. The second kappa shape index (κ2) is 6.89. The summed E-state index contributed by atoms with van der Waals surface area (Å²) in [6.45, 7) is 1.90. The van der Waals surface area contributed by atoms with Crippen molar-refractivity contribution in [3.63, 3.8) is 0 Å². The van der Waals surface area contributed by atoms with Crippen LogP contribution in [0.5, 0.6) is 0 Å². The molecule has 1 heterocycles. The third kappa shape index (κ3) is 3.19. The zero-order chi connectivity index (χ0) is 17.1. The standard InChI is InChI=1S/C19H16ClNO3/c1-2-24-18(22)12-21-17-6-4-3-5-14(17)11-16(19(21)23)13-7-9-15(20)10-8-13/h3-11H,2,12H2,1H3. The van der Waals surface area contributed by atoms with Crippen LogP contribution >= 0.6 is 11.6 Å². The minimum atomic E-state index is -0.432. The van der Waals surface area contributed by atoms with E-state index in [4.69, 9.17) is 16.3 Å². The van der Waals surface area contributed by atoms with Gasteiger partial charge in [0.2, 0.25) is 0 Å². The number of nitrogens with zero attached hydrogens (tertiary/aromatic N) is 1. The maximum atomic E-state index is 12.9. The Morgan fingerprint density at radius 2 is 1.83 bits per heavy atom. The van der Waals surface area contributed by atoms with Gasteiger partial charge in [-0.05, 0) is 42.1 Å². The van der Waals surface area contributed by atoms with Crippen LogP contribution < -0.4 is 5.56 Å². The van der Waals surface area contributed by atoms with E-state index in [-0.39, 0.29) is 18.7 Å². The second-order valence-corrected chi connectivity index (χ2v) is 5.76. The number of ether oxygens (including phenoxy) is 1. The van der Waals surface area contributed by atoms with Crippen molar-refractivity contribution in [2.24, 2.45) is 0 Å². The average Bonchev–Trinajstić information content (AvgIpc) is 2.58. The Bertz CT molecular complexity index is 945. The zero-order valence-electron chi connectivity index (χ0n) is 13.2. The van der Waals surface area contributed by atoms with E-state index < -0.39 is 5.97 Å². The molecule has 122 valence electrons. The molecule has 24 heavy (non-hydrogen) atoms. The molecule has 0 spiro atoms. The smallest absolute Gasteiger partial charge is 0.326 e. The number of pyridine rings is 1. The van der Waals surface area contributed by atoms with Crippen LogP contribution in [-0.2, 0) is 16.1 Å². The minimum absolute atomic E-state index is 0.116. The van der Waals surface area contributed by atoms with Gasteiger partial charge in [-0.3, -0.25) is 14.2 Å². The summed E-state index contributed by atoms with van der Waals surface area (Å²) in [6.07, 6.45) is 0. The number of carbonyl (C=O) groups excluding carboxylic acids is 1. The van der Waals surface area contributed by atoms with Crippen LogP contribution in [-0.4, -0.2) is 17.1 Å². The summed E-state index contributed by atoms with van der Waals surface area (Å²) in [5, 5.41) is 1.48. The lowest BCUT2D eigenvalue weighted by atomic mass is 10.0. The largest absolute Gasteiger partial charge is 0.465 e. The van der Waals surface area contributed by atoms with Gasteiger partial charge in [0.25, 0.3) is 5.56 Å². The molecule has 2 aromatic carbocycles. The molecule has 3 aromatic rings. The first-order chi connectivity index (χ1) is 11.6. The number of hydrogen-bond acceptors (Lipinski definition) is 3. The van der Waals surface area contributed by atoms with Crippen molar-refractivity contribution in [2.75, 3.05) is 6.61 Å². The Balaban J connectivity index is 2.21.